The van der Waals surface area contributed by atoms with Crippen molar-refractivity contribution < 1.29 is 13.2 Å². The zero-order valence-electron chi connectivity index (χ0n) is 13.5. The van der Waals surface area contributed by atoms with Crippen molar-refractivity contribution in [3.63, 3.8) is 0 Å². The van der Waals surface area contributed by atoms with Crippen molar-refractivity contribution in [1.82, 2.24) is 19.3 Å². The zero-order chi connectivity index (χ0) is 16.8. The van der Waals surface area contributed by atoms with E-state index in [4.69, 9.17) is 4.74 Å². The van der Waals surface area contributed by atoms with E-state index in [1.165, 1.54) is 0 Å². The largest absolute Gasteiger partial charge is 0.494 e. The predicted molar refractivity (Wildman–Crippen MR) is 90.2 cm³/mol. The van der Waals surface area contributed by atoms with Gasteiger partial charge < -0.3 is 4.74 Å². The van der Waals surface area contributed by atoms with Crippen LogP contribution in [0.1, 0.15) is 25.3 Å². The van der Waals surface area contributed by atoms with Gasteiger partial charge in [0, 0.05) is 19.3 Å². The Labute approximate surface area is 142 Å². The van der Waals surface area contributed by atoms with E-state index in [1.54, 1.807) is 10.5 Å². The highest BCUT2D eigenvalue weighted by molar-refractivity contribution is 7.89. The molecule has 1 fully saturated rings. The van der Waals surface area contributed by atoms with E-state index in [9.17, 15) is 8.42 Å². The van der Waals surface area contributed by atoms with Gasteiger partial charge in [0.2, 0.25) is 10.0 Å². The summed E-state index contributed by atoms with van der Waals surface area (Å²) in [6.07, 6.45) is 5.50. The fourth-order valence-electron chi connectivity index (χ4n) is 2.87. The fraction of sp³-hybridized carbons (Fsp3) is 0.500. The Morgan fingerprint density at radius 1 is 1.17 bits per heavy atom. The van der Waals surface area contributed by atoms with Crippen molar-refractivity contribution in [3.8, 4) is 5.75 Å². The molecule has 0 spiro atoms. The maximum atomic E-state index is 12.4. The molecular weight excluding hydrogens is 328 g/mol. The standard InChI is InChI=1S/C16H22N4O3S/c21-24(22,14-4-13-23-16-5-2-1-3-6-16)19-10-7-15(8-11-19)20-12-9-17-18-20/h1-3,5-6,9,12,15H,4,7-8,10-11,13-14H2. The third kappa shape index (κ3) is 4.33. The van der Waals surface area contributed by atoms with E-state index < -0.39 is 10.0 Å². The van der Waals surface area contributed by atoms with Crippen LogP contribution < -0.4 is 4.74 Å². The van der Waals surface area contributed by atoms with Crippen LogP contribution in [0, 0.1) is 0 Å². The SMILES string of the molecule is O=S(=O)(CCCOc1ccccc1)N1CCC(n2ccnn2)CC1. The first-order valence-electron chi connectivity index (χ1n) is 8.16. The smallest absolute Gasteiger partial charge is 0.214 e. The topological polar surface area (TPSA) is 77.3 Å². The molecule has 0 bridgehead atoms. The van der Waals surface area contributed by atoms with E-state index in [2.05, 4.69) is 10.3 Å². The number of hydrogen-bond donors (Lipinski definition) is 0. The summed E-state index contributed by atoms with van der Waals surface area (Å²) >= 11 is 0. The molecule has 0 atom stereocenters. The van der Waals surface area contributed by atoms with E-state index in [0.717, 1.165) is 18.6 Å². The summed E-state index contributed by atoms with van der Waals surface area (Å²) in [6, 6.07) is 9.67. The fourth-order valence-corrected chi connectivity index (χ4v) is 4.38. The summed E-state index contributed by atoms with van der Waals surface area (Å²) in [5.74, 6) is 0.886. The van der Waals surface area contributed by atoms with Crippen molar-refractivity contribution in [2.24, 2.45) is 0 Å². The van der Waals surface area contributed by atoms with Crippen LogP contribution in [-0.2, 0) is 10.0 Å². The molecule has 0 amide bonds. The van der Waals surface area contributed by atoms with Crippen LogP contribution in [0.25, 0.3) is 0 Å². The second kappa shape index (κ2) is 7.76. The Hall–Kier alpha value is -1.93. The molecule has 8 heteroatoms. The van der Waals surface area contributed by atoms with Gasteiger partial charge >= 0.3 is 0 Å². The molecule has 2 aromatic rings. The normalized spacial score (nSPS) is 17.0. The molecule has 1 aliphatic heterocycles. The molecule has 0 radical (unpaired) electrons. The summed E-state index contributed by atoms with van der Waals surface area (Å²) in [6.45, 7) is 1.47. The quantitative estimate of drug-likeness (QED) is 0.711. The monoisotopic (exact) mass is 350 g/mol. The van der Waals surface area contributed by atoms with Crippen molar-refractivity contribution in [1.29, 1.82) is 0 Å². The highest BCUT2D eigenvalue weighted by atomic mass is 32.2. The van der Waals surface area contributed by atoms with Crippen LogP contribution in [0.15, 0.2) is 42.7 Å². The minimum atomic E-state index is -3.22. The first-order chi connectivity index (χ1) is 11.6. The van der Waals surface area contributed by atoms with Crippen LogP contribution in [0.5, 0.6) is 5.75 Å². The van der Waals surface area contributed by atoms with Gasteiger partial charge in [-0.15, -0.1) is 5.10 Å². The van der Waals surface area contributed by atoms with E-state index in [1.807, 2.05) is 41.2 Å². The van der Waals surface area contributed by atoms with Gasteiger partial charge in [-0.05, 0) is 31.4 Å². The highest BCUT2D eigenvalue weighted by Crippen LogP contribution is 2.23. The van der Waals surface area contributed by atoms with Gasteiger partial charge in [0.15, 0.2) is 0 Å². The lowest BCUT2D eigenvalue weighted by Crippen LogP contribution is -2.40. The lowest BCUT2D eigenvalue weighted by molar-refractivity contribution is 0.257. The summed E-state index contributed by atoms with van der Waals surface area (Å²) in [7, 11) is -3.22. The molecule has 2 heterocycles. The molecule has 1 aliphatic rings. The summed E-state index contributed by atoms with van der Waals surface area (Å²) in [4.78, 5) is 0. The number of sulfonamides is 1. The number of piperidine rings is 1. The molecule has 0 aliphatic carbocycles. The Balaban J connectivity index is 1.42. The van der Waals surface area contributed by atoms with E-state index in [0.29, 0.717) is 26.1 Å². The number of nitrogens with zero attached hydrogens (tertiary/aromatic N) is 4. The number of ether oxygens (including phenoxy) is 1. The van der Waals surface area contributed by atoms with Crippen molar-refractivity contribution in [3.05, 3.63) is 42.7 Å². The summed E-state index contributed by atoms with van der Waals surface area (Å²) in [5.41, 5.74) is 0. The molecule has 1 aromatic carbocycles. The number of aromatic nitrogens is 3. The number of para-hydroxylation sites is 1. The molecule has 3 rings (SSSR count). The minimum absolute atomic E-state index is 0.119. The minimum Gasteiger partial charge on any atom is -0.494 e. The Bertz CT molecular complexity index is 711. The van der Waals surface area contributed by atoms with Crippen molar-refractivity contribution in [2.75, 3.05) is 25.4 Å². The molecular formula is C16H22N4O3S. The second-order valence-corrected chi connectivity index (χ2v) is 7.93. The lowest BCUT2D eigenvalue weighted by atomic mass is 10.1. The average Bonchev–Trinajstić information content (AvgIpc) is 3.14. The molecule has 0 unspecified atom stereocenters. The second-order valence-electron chi connectivity index (χ2n) is 5.84. The lowest BCUT2D eigenvalue weighted by Gasteiger charge is -2.31. The van der Waals surface area contributed by atoms with Gasteiger partial charge in [-0.3, -0.25) is 0 Å². The van der Waals surface area contributed by atoms with Gasteiger partial charge in [0.05, 0.1) is 24.6 Å². The van der Waals surface area contributed by atoms with Gasteiger partial charge in [-0.1, -0.05) is 23.4 Å². The van der Waals surface area contributed by atoms with Crippen molar-refractivity contribution >= 4 is 10.0 Å². The van der Waals surface area contributed by atoms with Gasteiger partial charge in [-0.25, -0.2) is 17.4 Å². The average molecular weight is 350 g/mol. The predicted octanol–water partition coefficient (Wildman–Crippen LogP) is 1.71. The van der Waals surface area contributed by atoms with Crippen LogP contribution in [0.2, 0.25) is 0 Å². The molecule has 130 valence electrons. The zero-order valence-corrected chi connectivity index (χ0v) is 14.3. The molecule has 1 saturated heterocycles. The number of rotatable bonds is 7. The van der Waals surface area contributed by atoms with E-state index in [-0.39, 0.29) is 11.8 Å². The highest BCUT2D eigenvalue weighted by Gasteiger charge is 2.28. The number of benzene rings is 1. The maximum Gasteiger partial charge on any atom is 0.214 e. The van der Waals surface area contributed by atoms with E-state index >= 15 is 0 Å². The third-order valence-corrected chi connectivity index (χ3v) is 6.15. The number of hydrogen-bond acceptors (Lipinski definition) is 5. The van der Waals surface area contributed by atoms with Crippen molar-refractivity contribution in [2.45, 2.75) is 25.3 Å². The summed E-state index contributed by atoms with van der Waals surface area (Å²) < 4.78 is 33.8. The van der Waals surface area contributed by atoms with Gasteiger partial charge in [0.1, 0.15) is 5.75 Å². The van der Waals surface area contributed by atoms with Gasteiger partial charge in [-0.2, -0.15) is 0 Å². The Morgan fingerprint density at radius 3 is 2.58 bits per heavy atom. The molecule has 7 nitrogen and oxygen atoms in total. The molecule has 0 saturated carbocycles. The Kier molecular flexibility index (Phi) is 5.47. The first-order valence-corrected chi connectivity index (χ1v) is 9.77. The van der Waals surface area contributed by atoms with Gasteiger partial charge in [0.25, 0.3) is 0 Å². The van der Waals surface area contributed by atoms with Crippen LogP contribution in [0.4, 0.5) is 0 Å². The van der Waals surface area contributed by atoms with Crippen LogP contribution in [-0.4, -0.2) is 53.2 Å². The first kappa shape index (κ1) is 16.9. The molecule has 24 heavy (non-hydrogen) atoms. The third-order valence-electron chi connectivity index (χ3n) is 4.19. The molecule has 0 N–H and O–H groups in total. The van der Waals surface area contributed by atoms with Crippen LogP contribution in [0.3, 0.4) is 0 Å². The Morgan fingerprint density at radius 2 is 1.92 bits per heavy atom. The molecule has 1 aromatic heterocycles. The van der Waals surface area contributed by atoms with Crippen LogP contribution >= 0.6 is 0 Å². The summed E-state index contributed by atoms with van der Waals surface area (Å²) in [5, 5.41) is 7.81. The maximum absolute atomic E-state index is 12.4.